The Kier molecular flexibility index (Phi) is 9.39. The summed E-state index contributed by atoms with van der Waals surface area (Å²) in [6, 6.07) is 8.84. The van der Waals surface area contributed by atoms with Crippen LogP contribution < -0.4 is 30.7 Å². The van der Waals surface area contributed by atoms with Crippen molar-refractivity contribution in [3.8, 4) is 18.4 Å². The van der Waals surface area contributed by atoms with Crippen LogP contribution in [0.15, 0.2) is 29.1 Å². The van der Waals surface area contributed by atoms with Crippen molar-refractivity contribution in [2.24, 2.45) is 0 Å². The second-order valence-electron chi connectivity index (χ2n) is 8.06. The lowest BCUT2D eigenvalue weighted by atomic mass is 10.1. The van der Waals surface area contributed by atoms with Crippen molar-refractivity contribution in [2.75, 3.05) is 36.8 Å². The summed E-state index contributed by atoms with van der Waals surface area (Å²) >= 11 is 1.02. The fourth-order valence-electron chi connectivity index (χ4n) is 3.71. The van der Waals surface area contributed by atoms with E-state index < -0.39 is 12.1 Å². The number of rotatable bonds is 8. The molecule has 1 aromatic heterocycles. The Bertz CT molecular complexity index is 1380. The minimum atomic E-state index is -0.792. The molecule has 2 amide bonds. The van der Waals surface area contributed by atoms with Crippen molar-refractivity contribution in [3.63, 3.8) is 0 Å². The Morgan fingerprint density at radius 3 is 2.69 bits per heavy atom. The maximum atomic E-state index is 13.3. The van der Waals surface area contributed by atoms with E-state index in [1.807, 2.05) is 11.0 Å². The summed E-state index contributed by atoms with van der Waals surface area (Å²) in [6.07, 6.45) is 6.75. The van der Waals surface area contributed by atoms with E-state index in [2.05, 4.69) is 21.9 Å². The summed E-state index contributed by atoms with van der Waals surface area (Å²) in [7, 11) is 0. The molecule has 1 aliphatic rings. The molecule has 36 heavy (non-hydrogen) atoms. The summed E-state index contributed by atoms with van der Waals surface area (Å²) in [5.74, 6) is 1.44. The number of aromatic nitrogens is 1. The molecule has 11 heteroatoms. The lowest BCUT2D eigenvalue weighted by molar-refractivity contribution is -0.117. The van der Waals surface area contributed by atoms with Crippen LogP contribution in [0.1, 0.15) is 19.8 Å². The monoisotopic (exact) mass is 510 g/mol. The second-order valence-corrected chi connectivity index (χ2v) is 9.09. The molecule has 1 fully saturated rings. The number of halogens is 1. The Morgan fingerprint density at radius 1 is 1.31 bits per heavy atom. The van der Waals surface area contributed by atoms with E-state index >= 15 is 0 Å². The maximum absolute atomic E-state index is 13.3. The number of carbonyl (C=O) groups excluding carboxylic acids is 2. The number of thiazole rings is 1. The van der Waals surface area contributed by atoms with Gasteiger partial charge in [0.1, 0.15) is 21.4 Å². The lowest BCUT2D eigenvalue weighted by Gasteiger charge is -2.27. The number of benzene rings is 1. The zero-order valence-electron chi connectivity index (χ0n) is 19.8. The molecule has 1 aromatic carbocycles. The number of nitriles is 1. The molecule has 3 N–H and O–H groups in total. The van der Waals surface area contributed by atoms with E-state index in [1.54, 1.807) is 31.2 Å². The van der Waals surface area contributed by atoms with Gasteiger partial charge in [0.05, 0.1) is 13.1 Å². The number of terminal acetylenes is 1. The third-order valence-electron chi connectivity index (χ3n) is 5.53. The number of amides is 2. The zero-order chi connectivity index (χ0) is 26.1. The zero-order valence-corrected chi connectivity index (χ0v) is 20.7. The first-order chi connectivity index (χ1) is 17.4. The van der Waals surface area contributed by atoms with Crippen molar-refractivity contribution in [1.82, 2.24) is 14.8 Å². The number of nitrogens with zero attached hydrogens (tertiary/aromatic N) is 3. The lowest BCUT2D eigenvalue weighted by Crippen LogP contribution is -2.39. The molecule has 2 aromatic rings. The third kappa shape index (κ3) is 6.81. The second kappa shape index (κ2) is 12.7. The first-order valence-electron chi connectivity index (χ1n) is 11.4. The fourth-order valence-corrected chi connectivity index (χ4v) is 4.79. The predicted molar refractivity (Wildman–Crippen MR) is 138 cm³/mol. The number of piperidine rings is 1. The van der Waals surface area contributed by atoms with Gasteiger partial charge in [0, 0.05) is 37.2 Å². The Labute approximate surface area is 211 Å². The van der Waals surface area contributed by atoms with Gasteiger partial charge in [-0.1, -0.05) is 12.0 Å². The normalized spacial score (nSPS) is 15.5. The van der Waals surface area contributed by atoms with Crippen molar-refractivity contribution in [2.45, 2.75) is 32.5 Å². The molecule has 2 heterocycles. The molecule has 1 aliphatic heterocycles. The molecule has 9 nitrogen and oxygen atoms in total. The number of nitrogens with one attached hydrogen (secondary N) is 3. The predicted octanol–water partition coefficient (Wildman–Crippen LogP) is 0.576. The van der Waals surface area contributed by atoms with Crippen molar-refractivity contribution in [3.05, 3.63) is 43.8 Å². The summed E-state index contributed by atoms with van der Waals surface area (Å²) < 4.78 is 15.2. The molecular weight excluding hydrogens is 483 g/mol. The first-order valence-corrected chi connectivity index (χ1v) is 12.3. The van der Waals surface area contributed by atoms with E-state index in [1.165, 1.54) is 10.8 Å². The Morgan fingerprint density at radius 2 is 2.03 bits per heavy atom. The van der Waals surface area contributed by atoms with Gasteiger partial charge in [-0.2, -0.15) is 5.26 Å². The number of hydrogen-bond donors (Lipinski definition) is 3. The molecule has 0 bridgehead atoms. The number of likely N-dealkylation sites (tertiary alicyclic amines) is 1. The van der Waals surface area contributed by atoms with Crippen LogP contribution in [0.25, 0.3) is 11.8 Å². The standard InChI is InChI=1S/C25H27FN6O3S/c1-3-10-28-23(34)20(14-27)25-32(4-2)24(35)21(36-25)15-29-18-6-5-7-19(13-18)30-22(33)16-31-11-8-17(26)9-12-31/h1,5-7,13,15,17,29H,4,8-12,16H2,2H3,(H,28,34)(H,30,33). The molecule has 3 rings (SSSR count). The fraction of sp³-hybridized carbons (Fsp3) is 0.360. The summed E-state index contributed by atoms with van der Waals surface area (Å²) in [5.41, 5.74) is 0.667. The topological polar surface area (TPSA) is 119 Å². The Hall–Kier alpha value is -3.93. The third-order valence-corrected chi connectivity index (χ3v) is 6.66. The van der Waals surface area contributed by atoms with Crippen LogP contribution in [0, 0.1) is 23.7 Å². The molecular formula is C25H27FN6O3S. The summed E-state index contributed by atoms with van der Waals surface area (Å²) in [6.45, 7) is 3.29. The highest BCUT2D eigenvalue weighted by Crippen LogP contribution is 2.16. The largest absolute Gasteiger partial charge is 0.360 e. The molecule has 188 valence electrons. The molecule has 0 unspecified atom stereocenters. The van der Waals surface area contributed by atoms with E-state index in [9.17, 15) is 24.0 Å². The highest BCUT2D eigenvalue weighted by atomic mass is 32.1. The average molecular weight is 511 g/mol. The molecule has 0 saturated carbocycles. The van der Waals surface area contributed by atoms with Gasteiger partial charge in [-0.05, 0) is 38.0 Å². The van der Waals surface area contributed by atoms with E-state index in [-0.39, 0.29) is 41.3 Å². The van der Waals surface area contributed by atoms with Crippen LogP contribution in [0.3, 0.4) is 0 Å². The van der Waals surface area contributed by atoms with Gasteiger partial charge < -0.3 is 16.0 Å². The van der Waals surface area contributed by atoms with Crippen LogP contribution >= 0.6 is 11.3 Å². The van der Waals surface area contributed by atoms with Gasteiger partial charge in [-0.3, -0.25) is 23.9 Å². The van der Waals surface area contributed by atoms with Crippen LogP contribution in [0.5, 0.6) is 0 Å². The smallest absolute Gasteiger partial charge is 0.270 e. The molecule has 0 radical (unpaired) electrons. The van der Waals surface area contributed by atoms with Crippen LogP contribution in [0.4, 0.5) is 15.8 Å². The van der Waals surface area contributed by atoms with Crippen molar-refractivity contribution in [1.29, 1.82) is 5.26 Å². The van der Waals surface area contributed by atoms with Crippen LogP contribution in [-0.4, -0.2) is 53.6 Å². The quantitative estimate of drug-likeness (QED) is 0.447. The van der Waals surface area contributed by atoms with E-state index in [0.29, 0.717) is 41.8 Å². The van der Waals surface area contributed by atoms with Gasteiger partial charge in [-0.15, -0.1) is 17.8 Å². The van der Waals surface area contributed by atoms with Gasteiger partial charge in [0.15, 0.2) is 5.57 Å². The SMILES string of the molecule is C#CCNC(=O)C(C#N)=c1sc(=CNc2cccc(NC(=O)CN3CCC(F)CC3)c2)c(=O)n1CC. The van der Waals surface area contributed by atoms with E-state index in [0.717, 1.165) is 11.3 Å². The van der Waals surface area contributed by atoms with Crippen LogP contribution in [-0.2, 0) is 16.1 Å². The highest BCUT2D eigenvalue weighted by molar-refractivity contribution is 7.07. The molecule has 0 atom stereocenters. The number of carbonyl (C=O) groups is 2. The number of hydrogen-bond acceptors (Lipinski definition) is 7. The summed E-state index contributed by atoms with van der Waals surface area (Å²) in [4.78, 5) is 39.5. The highest BCUT2D eigenvalue weighted by Gasteiger charge is 2.20. The van der Waals surface area contributed by atoms with Crippen LogP contribution in [0.2, 0.25) is 0 Å². The van der Waals surface area contributed by atoms with Gasteiger partial charge in [-0.25, -0.2) is 4.39 Å². The van der Waals surface area contributed by atoms with E-state index in [4.69, 9.17) is 6.42 Å². The Balaban J connectivity index is 1.77. The minimum absolute atomic E-state index is 0.0325. The average Bonchev–Trinajstić information content (AvgIpc) is 3.18. The molecule has 0 spiro atoms. The maximum Gasteiger partial charge on any atom is 0.270 e. The van der Waals surface area contributed by atoms with Crippen molar-refractivity contribution < 1.29 is 14.0 Å². The van der Waals surface area contributed by atoms with Gasteiger partial charge in [0.2, 0.25) is 5.91 Å². The number of anilines is 2. The van der Waals surface area contributed by atoms with Crippen molar-refractivity contribution >= 4 is 46.3 Å². The molecule has 0 aliphatic carbocycles. The van der Waals surface area contributed by atoms with Gasteiger partial charge in [0.25, 0.3) is 11.5 Å². The minimum Gasteiger partial charge on any atom is -0.360 e. The molecule has 1 saturated heterocycles. The number of alkyl halides is 1. The van der Waals surface area contributed by atoms with Gasteiger partial charge >= 0.3 is 0 Å². The summed E-state index contributed by atoms with van der Waals surface area (Å²) in [5, 5.41) is 17.8. The first kappa shape index (κ1) is 26.7.